The molecule has 3 heterocycles. The van der Waals surface area contributed by atoms with Crippen LogP contribution in [0.5, 0.6) is 0 Å². The molecule has 1 amide bonds. The van der Waals surface area contributed by atoms with Gasteiger partial charge in [-0.3, -0.25) is 14.6 Å². The molecule has 33 heavy (non-hydrogen) atoms. The molecule has 2 aromatic heterocycles. The molecule has 0 spiro atoms. The zero-order chi connectivity index (χ0) is 23.2. The first kappa shape index (κ1) is 21.2. The fraction of sp³-hybridized carbons (Fsp3) is 0.385. The summed E-state index contributed by atoms with van der Waals surface area (Å²) in [5, 5.41) is 14.4. The van der Waals surface area contributed by atoms with Gasteiger partial charge in [0, 0.05) is 23.5 Å². The van der Waals surface area contributed by atoms with Crippen molar-refractivity contribution >= 4 is 6.09 Å². The van der Waals surface area contributed by atoms with E-state index in [1.165, 1.54) is 0 Å². The van der Waals surface area contributed by atoms with E-state index in [-0.39, 0.29) is 12.1 Å². The van der Waals surface area contributed by atoms with Gasteiger partial charge >= 0.3 is 6.09 Å². The van der Waals surface area contributed by atoms with Crippen LogP contribution in [0.3, 0.4) is 0 Å². The van der Waals surface area contributed by atoms with Crippen LogP contribution in [0.1, 0.15) is 44.9 Å². The molecular weight excluding hydrogens is 414 g/mol. The van der Waals surface area contributed by atoms with Gasteiger partial charge in [-0.2, -0.15) is 10.4 Å². The molecule has 7 heteroatoms. The quantitative estimate of drug-likeness (QED) is 0.570. The summed E-state index contributed by atoms with van der Waals surface area (Å²) in [5.41, 5.74) is 4.66. The molecule has 1 aromatic carbocycles. The number of pyridine rings is 1. The first-order chi connectivity index (χ1) is 15.8. The number of nitrogens with zero attached hydrogens (tertiary/aromatic N) is 5. The van der Waals surface area contributed by atoms with Crippen molar-refractivity contribution in [2.24, 2.45) is 5.92 Å². The Hall–Kier alpha value is -3.66. The van der Waals surface area contributed by atoms with E-state index in [4.69, 9.17) is 9.84 Å². The molecule has 168 valence electrons. The van der Waals surface area contributed by atoms with Crippen LogP contribution in [-0.2, 0) is 17.8 Å². The lowest BCUT2D eigenvalue weighted by Gasteiger charge is -2.37. The molecule has 5 rings (SSSR count). The van der Waals surface area contributed by atoms with Gasteiger partial charge in [0.1, 0.15) is 11.3 Å². The van der Waals surface area contributed by atoms with Gasteiger partial charge in [-0.05, 0) is 69.4 Å². The Balaban J connectivity index is 1.63. The standard InChI is InChI=1S/C26H27N5O2/c1-26(2,3)33-25(32)30-15-22-23(19-9-11-28-12-10-19)24(20-6-4-5-17(13-20)14-27)29-31(22)16-21(30)18-7-8-18/h4-6,9-13,18,21H,7-8,15-16H2,1-3H3/t21-/m0/s1. The summed E-state index contributed by atoms with van der Waals surface area (Å²) < 4.78 is 7.83. The summed E-state index contributed by atoms with van der Waals surface area (Å²) in [5.74, 6) is 0.476. The first-order valence-electron chi connectivity index (χ1n) is 11.3. The number of carbonyl (C=O) groups is 1. The van der Waals surface area contributed by atoms with Crippen molar-refractivity contribution in [1.29, 1.82) is 5.26 Å². The van der Waals surface area contributed by atoms with E-state index in [0.29, 0.717) is 24.6 Å². The van der Waals surface area contributed by atoms with E-state index >= 15 is 0 Å². The Morgan fingerprint density at radius 1 is 1.15 bits per heavy atom. The van der Waals surface area contributed by atoms with E-state index in [1.54, 1.807) is 18.5 Å². The zero-order valence-electron chi connectivity index (χ0n) is 19.2. The van der Waals surface area contributed by atoms with E-state index in [9.17, 15) is 10.1 Å². The lowest BCUT2D eigenvalue weighted by Crippen LogP contribution is -2.49. The van der Waals surface area contributed by atoms with Gasteiger partial charge in [-0.25, -0.2) is 4.79 Å². The summed E-state index contributed by atoms with van der Waals surface area (Å²) in [6.07, 6.45) is 5.48. The minimum atomic E-state index is -0.556. The molecule has 1 atom stereocenters. The summed E-state index contributed by atoms with van der Waals surface area (Å²) in [4.78, 5) is 19.3. The van der Waals surface area contributed by atoms with Crippen molar-refractivity contribution in [1.82, 2.24) is 19.7 Å². The molecule has 1 aliphatic heterocycles. The second-order valence-electron chi connectivity index (χ2n) is 9.79. The molecular formula is C26H27N5O2. The number of nitriles is 1. The van der Waals surface area contributed by atoms with Crippen LogP contribution in [0.2, 0.25) is 0 Å². The molecule has 0 unspecified atom stereocenters. The number of carbonyl (C=O) groups excluding carboxylic acids is 1. The Morgan fingerprint density at radius 3 is 2.58 bits per heavy atom. The Labute approximate surface area is 193 Å². The largest absolute Gasteiger partial charge is 0.444 e. The number of fused-ring (bicyclic) bond motifs is 1. The SMILES string of the molecule is CC(C)(C)OC(=O)N1Cc2c(-c3ccncc3)c(-c3cccc(C#N)c3)nn2C[C@H]1C1CC1. The van der Waals surface area contributed by atoms with Crippen LogP contribution in [-0.4, -0.2) is 37.4 Å². The van der Waals surface area contributed by atoms with Gasteiger partial charge in [-0.1, -0.05) is 12.1 Å². The van der Waals surface area contributed by atoms with Crippen molar-refractivity contribution in [3.05, 3.63) is 60.0 Å². The predicted octanol–water partition coefficient (Wildman–Crippen LogP) is 5.01. The summed E-state index contributed by atoms with van der Waals surface area (Å²) in [6, 6.07) is 13.7. The number of hydrogen-bond acceptors (Lipinski definition) is 5. The second-order valence-corrected chi connectivity index (χ2v) is 9.79. The summed E-state index contributed by atoms with van der Waals surface area (Å²) >= 11 is 0. The van der Waals surface area contributed by atoms with Gasteiger partial charge in [0.2, 0.25) is 0 Å². The molecule has 3 aromatic rings. The number of aromatic nitrogens is 3. The Bertz CT molecular complexity index is 1230. The van der Waals surface area contributed by atoms with Gasteiger partial charge in [-0.15, -0.1) is 0 Å². The van der Waals surface area contributed by atoms with Gasteiger partial charge in [0.25, 0.3) is 0 Å². The molecule has 0 radical (unpaired) electrons. The molecule has 0 N–H and O–H groups in total. The van der Waals surface area contributed by atoms with E-state index < -0.39 is 5.60 Å². The highest BCUT2D eigenvalue weighted by Gasteiger charge is 2.43. The van der Waals surface area contributed by atoms with Gasteiger partial charge in [0.15, 0.2) is 0 Å². The van der Waals surface area contributed by atoms with Crippen LogP contribution in [0, 0.1) is 17.2 Å². The third-order valence-electron chi connectivity index (χ3n) is 6.17. The van der Waals surface area contributed by atoms with E-state index in [0.717, 1.165) is 40.9 Å². The maximum Gasteiger partial charge on any atom is 0.410 e. The second kappa shape index (κ2) is 8.04. The summed E-state index contributed by atoms with van der Waals surface area (Å²) in [6.45, 7) is 6.75. The highest BCUT2D eigenvalue weighted by atomic mass is 16.6. The highest BCUT2D eigenvalue weighted by molar-refractivity contribution is 5.83. The van der Waals surface area contributed by atoms with Crippen LogP contribution < -0.4 is 0 Å². The Kier molecular flexibility index (Phi) is 5.16. The van der Waals surface area contributed by atoms with Crippen LogP contribution in [0.15, 0.2) is 48.8 Å². The third-order valence-corrected chi connectivity index (χ3v) is 6.17. The molecule has 0 saturated heterocycles. The van der Waals surface area contributed by atoms with Gasteiger partial charge in [0.05, 0.1) is 36.5 Å². The monoisotopic (exact) mass is 441 g/mol. The molecule has 0 bridgehead atoms. The lowest BCUT2D eigenvalue weighted by molar-refractivity contribution is 0.00373. The molecule has 1 fully saturated rings. The van der Waals surface area contributed by atoms with E-state index in [2.05, 4.69) is 11.1 Å². The molecule has 7 nitrogen and oxygen atoms in total. The van der Waals surface area contributed by atoms with Crippen molar-refractivity contribution in [3.8, 4) is 28.5 Å². The topological polar surface area (TPSA) is 84.0 Å². The average molecular weight is 442 g/mol. The maximum atomic E-state index is 13.2. The fourth-order valence-corrected chi connectivity index (χ4v) is 4.53. The highest BCUT2D eigenvalue weighted by Crippen LogP contribution is 2.43. The summed E-state index contributed by atoms with van der Waals surface area (Å²) in [7, 11) is 0. The number of hydrogen-bond donors (Lipinski definition) is 0. The van der Waals surface area contributed by atoms with Crippen molar-refractivity contribution in [3.63, 3.8) is 0 Å². The van der Waals surface area contributed by atoms with E-state index in [1.807, 2.05) is 60.7 Å². The molecule has 1 aliphatic carbocycles. The van der Waals surface area contributed by atoms with Crippen molar-refractivity contribution < 1.29 is 9.53 Å². The van der Waals surface area contributed by atoms with Crippen molar-refractivity contribution in [2.75, 3.05) is 0 Å². The predicted molar refractivity (Wildman–Crippen MR) is 124 cm³/mol. The number of amides is 1. The normalized spacial score (nSPS) is 17.9. The zero-order valence-corrected chi connectivity index (χ0v) is 19.2. The number of ether oxygens (including phenoxy) is 1. The van der Waals surface area contributed by atoms with Crippen molar-refractivity contribution in [2.45, 2.75) is 58.3 Å². The average Bonchev–Trinajstić information content (AvgIpc) is 3.58. The number of benzene rings is 1. The third kappa shape index (κ3) is 4.21. The van der Waals surface area contributed by atoms with Crippen LogP contribution in [0.4, 0.5) is 4.79 Å². The first-order valence-corrected chi connectivity index (χ1v) is 11.3. The Morgan fingerprint density at radius 2 is 1.91 bits per heavy atom. The minimum absolute atomic E-state index is 0.0656. The van der Waals surface area contributed by atoms with Crippen LogP contribution >= 0.6 is 0 Å². The smallest absolute Gasteiger partial charge is 0.410 e. The number of rotatable bonds is 3. The maximum absolute atomic E-state index is 13.2. The fourth-order valence-electron chi connectivity index (χ4n) is 4.53. The molecule has 2 aliphatic rings. The minimum Gasteiger partial charge on any atom is -0.444 e. The molecule has 1 saturated carbocycles. The van der Waals surface area contributed by atoms with Crippen LogP contribution in [0.25, 0.3) is 22.4 Å². The van der Waals surface area contributed by atoms with Gasteiger partial charge < -0.3 is 4.74 Å². The lowest BCUT2D eigenvalue weighted by atomic mass is 9.97.